The van der Waals surface area contributed by atoms with Gasteiger partial charge in [0.05, 0.1) is 5.69 Å². The maximum Gasteiger partial charge on any atom is 0.242 e. The van der Waals surface area contributed by atoms with Gasteiger partial charge in [0.15, 0.2) is 5.17 Å². The van der Waals surface area contributed by atoms with Crippen molar-refractivity contribution in [2.45, 2.75) is 25.5 Å². The third-order valence-electron chi connectivity index (χ3n) is 4.42. The van der Waals surface area contributed by atoms with E-state index in [9.17, 15) is 14.0 Å². The third kappa shape index (κ3) is 5.12. The molecule has 1 fully saturated rings. The average Bonchev–Trinajstić information content (AvgIpc) is 2.95. The van der Waals surface area contributed by atoms with E-state index in [1.165, 1.54) is 22.7 Å². The summed E-state index contributed by atoms with van der Waals surface area (Å²) >= 11 is 1.21. The van der Waals surface area contributed by atoms with Crippen LogP contribution in [0, 0.1) is 19.7 Å². The summed E-state index contributed by atoms with van der Waals surface area (Å²) in [6, 6.07) is 12.1. The minimum atomic E-state index is -0.588. The number of nitrogens with one attached hydrogen (secondary N) is 1. The smallest absolute Gasteiger partial charge is 0.242 e. The summed E-state index contributed by atoms with van der Waals surface area (Å²) in [7, 11) is 0. The molecular weight excluding hydrogens is 389 g/mol. The van der Waals surface area contributed by atoms with Crippen LogP contribution in [0.4, 0.5) is 15.8 Å². The van der Waals surface area contributed by atoms with Crippen molar-refractivity contribution in [3.8, 4) is 0 Å². The van der Waals surface area contributed by atoms with Crippen LogP contribution in [0.5, 0.6) is 0 Å². The quantitative estimate of drug-likeness (QED) is 0.708. The monoisotopic (exact) mass is 411 g/mol. The summed E-state index contributed by atoms with van der Waals surface area (Å²) in [6.45, 7) is 7.59. The van der Waals surface area contributed by atoms with Crippen LogP contribution in [-0.4, -0.2) is 33.7 Å². The Balaban J connectivity index is 1.74. The lowest BCUT2D eigenvalue weighted by Gasteiger charge is -2.14. The van der Waals surface area contributed by atoms with Crippen LogP contribution >= 0.6 is 11.8 Å². The van der Waals surface area contributed by atoms with Gasteiger partial charge in [-0.15, -0.1) is 6.58 Å². The number of halogens is 1. The molecule has 0 spiro atoms. The molecule has 7 heteroatoms. The molecule has 1 atom stereocenters. The lowest BCUT2D eigenvalue weighted by molar-refractivity contribution is -0.127. The number of amides is 2. The zero-order valence-corrected chi connectivity index (χ0v) is 17.1. The van der Waals surface area contributed by atoms with E-state index in [1.807, 2.05) is 31.2 Å². The summed E-state index contributed by atoms with van der Waals surface area (Å²) in [5, 5.41) is 2.66. The molecule has 2 amide bonds. The molecule has 2 aromatic carbocycles. The minimum absolute atomic E-state index is 0.0201. The van der Waals surface area contributed by atoms with E-state index in [0.717, 1.165) is 5.56 Å². The van der Waals surface area contributed by atoms with Gasteiger partial charge >= 0.3 is 0 Å². The Morgan fingerprint density at radius 2 is 2.00 bits per heavy atom. The van der Waals surface area contributed by atoms with E-state index in [0.29, 0.717) is 22.1 Å². The molecule has 0 aliphatic carbocycles. The van der Waals surface area contributed by atoms with Gasteiger partial charge < -0.3 is 5.32 Å². The predicted molar refractivity (Wildman–Crippen MR) is 116 cm³/mol. The molecule has 5 nitrogen and oxygen atoms in total. The van der Waals surface area contributed by atoms with Gasteiger partial charge in [-0.3, -0.25) is 14.5 Å². The number of benzene rings is 2. The predicted octanol–water partition coefficient (Wildman–Crippen LogP) is 4.59. The van der Waals surface area contributed by atoms with E-state index in [-0.39, 0.29) is 30.6 Å². The van der Waals surface area contributed by atoms with E-state index in [2.05, 4.69) is 16.9 Å². The van der Waals surface area contributed by atoms with Crippen molar-refractivity contribution in [3.63, 3.8) is 0 Å². The first kappa shape index (κ1) is 20.8. The summed E-state index contributed by atoms with van der Waals surface area (Å²) in [5.74, 6) is -0.813. The topological polar surface area (TPSA) is 61.8 Å². The Morgan fingerprint density at radius 1 is 1.28 bits per heavy atom. The van der Waals surface area contributed by atoms with Gasteiger partial charge in [0, 0.05) is 18.7 Å². The molecule has 0 bridgehead atoms. The number of aliphatic imine (C=N–C) groups is 1. The van der Waals surface area contributed by atoms with Crippen molar-refractivity contribution in [2.75, 3.05) is 11.9 Å². The number of hydrogen-bond donors (Lipinski definition) is 1. The summed E-state index contributed by atoms with van der Waals surface area (Å²) in [4.78, 5) is 31.1. The maximum atomic E-state index is 13.8. The van der Waals surface area contributed by atoms with Gasteiger partial charge in [-0.25, -0.2) is 9.38 Å². The summed E-state index contributed by atoms with van der Waals surface area (Å²) in [5.41, 5.74) is 2.72. The van der Waals surface area contributed by atoms with E-state index in [1.54, 1.807) is 25.1 Å². The van der Waals surface area contributed by atoms with Gasteiger partial charge in [-0.2, -0.15) is 0 Å². The van der Waals surface area contributed by atoms with Gasteiger partial charge in [0.2, 0.25) is 11.8 Å². The molecule has 2 aromatic rings. The highest BCUT2D eigenvalue weighted by Gasteiger charge is 2.38. The van der Waals surface area contributed by atoms with E-state index >= 15 is 0 Å². The molecule has 0 saturated carbocycles. The SMILES string of the molecule is C=CCN1C(=O)[C@@H](CC(=O)Nc2ccc(C)cc2)SC1=Nc1ccc(C)c(F)c1. The Hall–Kier alpha value is -2.93. The van der Waals surface area contributed by atoms with Crippen molar-refractivity contribution in [1.29, 1.82) is 0 Å². The standard InChI is InChI=1S/C22H22FN3O2S/c1-4-11-26-21(28)19(13-20(27)24-16-8-5-14(2)6-9-16)29-22(26)25-17-10-7-15(3)18(23)12-17/h4-10,12,19H,1,11,13H2,2-3H3,(H,24,27)/t19-/m1/s1. The molecule has 1 aliphatic rings. The minimum Gasteiger partial charge on any atom is -0.326 e. The van der Waals surface area contributed by atoms with Gasteiger partial charge in [0.1, 0.15) is 11.1 Å². The van der Waals surface area contributed by atoms with Crippen LogP contribution in [0.15, 0.2) is 60.1 Å². The van der Waals surface area contributed by atoms with Crippen molar-refractivity contribution in [2.24, 2.45) is 4.99 Å². The molecule has 1 aliphatic heterocycles. The second kappa shape index (κ2) is 9.05. The van der Waals surface area contributed by atoms with Crippen LogP contribution in [0.1, 0.15) is 17.5 Å². The first-order valence-electron chi connectivity index (χ1n) is 9.17. The number of amidine groups is 1. The Kier molecular flexibility index (Phi) is 6.49. The van der Waals surface area contributed by atoms with Gasteiger partial charge in [-0.1, -0.05) is 41.6 Å². The Bertz CT molecular complexity index is 973. The number of rotatable bonds is 6. The highest BCUT2D eigenvalue weighted by molar-refractivity contribution is 8.15. The molecule has 1 heterocycles. The highest BCUT2D eigenvalue weighted by Crippen LogP contribution is 2.32. The number of anilines is 1. The normalized spacial score (nSPS) is 17.6. The van der Waals surface area contributed by atoms with Crippen molar-refractivity contribution in [3.05, 3.63) is 72.1 Å². The fourth-order valence-corrected chi connectivity index (χ4v) is 3.97. The highest BCUT2D eigenvalue weighted by atomic mass is 32.2. The number of thioether (sulfide) groups is 1. The molecule has 1 N–H and O–H groups in total. The van der Waals surface area contributed by atoms with Crippen LogP contribution in [0.25, 0.3) is 0 Å². The zero-order valence-electron chi connectivity index (χ0n) is 16.3. The molecule has 0 aromatic heterocycles. The first-order valence-corrected chi connectivity index (χ1v) is 10.1. The van der Waals surface area contributed by atoms with E-state index < -0.39 is 5.25 Å². The molecule has 0 unspecified atom stereocenters. The molecule has 3 rings (SSSR count). The fourth-order valence-electron chi connectivity index (χ4n) is 2.80. The lowest BCUT2D eigenvalue weighted by Crippen LogP contribution is -2.33. The van der Waals surface area contributed by atoms with Crippen LogP contribution in [0.3, 0.4) is 0 Å². The summed E-state index contributed by atoms with van der Waals surface area (Å²) < 4.78 is 13.8. The number of hydrogen-bond acceptors (Lipinski definition) is 4. The van der Waals surface area contributed by atoms with Crippen LogP contribution in [0.2, 0.25) is 0 Å². The second-order valence-corrected chi connectivity index (χ2v) is 7.96. The lowest BCUT2D eigenvalue weighted by atomic mass is 10.2. The molecule has 1 saturated heterocycles. The van der Waals surface area contributed by atoms with Crippen LogP contribution in [-0.2, 0) is 9.59 Å². The van der Waals surface area contributed by atoms with Crippen LogP contribution < -0.4 is 5.32 Å². The molecular formula is C22H22FN3O2S. The second-order valence-electron chi connectivity index (χ2n) is 6.79. The Labute approximate surface area is 173 Å². The van der Waals surface area contributed by atoms with Crippen molar-refractivity contribution in [1.82, 2.24) is 4.90 Å². The van der Waals surface area contributed by atoms with Crippen molar-refractivity contribution < 1.29 is 14.0 Å². The largest absolute Gasteiger partial charge is 0.326 e. The number of carbonyl (C=O) groups excluding carboxylic acids is 2. The van der Waals surface area contributed by atoms with E-state index in [4.69, 9.17) is 0 Å². The van der Waals surface area contributed by atoms with Crippen molar-refractivity contribution >= 4 is 40.1 Å². The van der Waals surface area contributed by atoms with Gasteiger partial charge in [-0.05, 0) is 43.7 Å². The Morgan fingerprint density at radius 3 is 2.66 bits per heavy atom. The summed E-state index contributed by atoms with van der Waals surface area (Å²) in [6.07, 6.45) is 1.62. The van der Waals surface area contributed by atoms with Gasteiger partial charge in [0.25, 0.3) is 0 Å². The zero-order chi connectivity index (χ0) is 21.0. The third-order valence-corrected chi connectivity index (χ3v) is 5.59. The number of carbonyl (C=O) groups is 2. The fraction of sp³-hybridized carbons (Fsp3) is 0.227. The first-order chi connectivity index (χ1) is 13.9. The molecule has 29 heavy (non-hydrogen) atoms. The molecule has 150 valence electrons. The number of aryl methyl sites for hydroxylation is 2. The molecule has 0 radical (unpaired) electrons. The maximum absolute atomic E-state index is 13.8. The average molecular weight is 412 g/mol. The number of nitrogens with zero attached hydrogens (tertiary/aromatic N) is 2.